The van der Waals surface area contributed by atoms with E-state index in [9.17, 15) is 4.39 Å². The van der Waals surface area contributed by atoms with Crippen molar-refractivity contribution in [2.24, 2.45) is 0 Å². The van der Waals surface area contributed by atoms with Crippen molar-refractivity contribution < 1.29 is 4.39 Å². The van der Waals surface area contributed by atoms with Gasteiger partial charge in [0.05, 0.1) is 16.9 Å². The zero-order valence-electron chi connectivity index (χ0n) is 11.3. The summed E-state index contributed by atoms with van der Waals surface area (Å²) in [5.41, 5.74) is 1.38. The minimum absolute atomic E-state index is 0.299. The van der Waals surface area contributed by atoms with E-state index in [2.05, 4.69) is 25.8 Å². The van der Waals surface area contributed by atoms with Gasteiger partial charge in [0.15, 0.2) is 5.82 Å². The van der Waals surface area contributed by atoms with Crippen LogP contribution in [0.1, 0.15) is 0 Å². The van der Waals surface area contributed by atoms with Gasteiger partial charge in [0.25, 0.3) is 0 Å². The third kappa shape index (κ3) is 3.48. The van der Waals surface area contributed by atoms with Crippen LogP contribution in [0.2, 0.25) is 5.02 Å². The molecule has 0 aliphatic rings. The van der Waals surface area contributed by atoms with Crippen LogP contribution in [0, 0.1) is 5.82 Å². The molecule has 3 aromatic rings. The van der Waals surface area contributed by atoms with E-state index in [1.165, 1.54) is 18.3 Å². The lowest BCUT2D eigenvalue weighted by Crippen LogP contribution is -2.02. The highest BCUT2D eigenvalue weighted by Crippen LogP contribution is 2.23. The first-order valence-electron chi connectivity index (χ1n) is 6.44. The quantitative estimate of drug-likeness (QED) is 0.757. The fraction of sp³-hybridized carbons (Fsp3) is 0. The van der Waals surface area contributed by atoms with Crippen molar-refractivity contribution in [3.05, 3.63) is 65.6 Å². The number of rotatable bonds is 4. The van der Waals surface area contributed by atoms with Gasteiger partial charge in [0.2, 0.25) is 5.95 Å². The zero-order chi connectivity index (χ0) is 15.4. The Balaban J connectivity index is 1.78. The van der Waals surface area contributed by atoms with Crippen LogP contribution in [0.5, 0.6) is 0 Å². The van der Waals surface area contributed by atoms with Crippen LogP contribution in [-0.4, -0.2) is 15.2 Å². The molecular weight excluding hydrogens is 305 g/mol. The number of aromatic nitrogens is 3. The number of para-hydroxylation sites is 1. The summed E-state index contributed by atoms with van der Waals surface area (Å²) in [6, 6.07) is 13.2. The number of halogens is 2. The fourth-order valence-corrected chi connectivity index (χ4v) is 1.96. The number of hydrogen-bond donors (Lipinski definition) is 2. The van der Waals surface area contributed by atoms with E-state index in [1.807, 2.05) is 18.2 Å². The molecule has 0 aliphatic carbocycles. The van der Waals surface area contributed by atoms with Crippen LogP contribution in [0.4, 0.5) is 27.5 Å². The first-order valence-corrected chi connectivity index (χ1v) is 6.82. The lowest BCUT2D eigenvalue weighted by Gasteiger charge is -2.08. The van der Waals surface area contributed by atoms with Gasteiger partial charge in [-0.05, 0) is 36.4 Å². The van der Waals surface area contributed by atoms with Gasteiger partial charge in [-0.15, -0.1) is 5.10 Å². The molecule has 1 aromatic heterocycles. The second kappa shape index (κ2) is 6.36. The molecule has 0 spiro atoms. The normalized spacial score (nSPS) is 10.3. The SMILES string of the molecule is Fc1ccc(Nc2cnnc(Nc3ccccc3Cl)n2)cc1. The van der Waals surface area contributed by atoms with Crippen molar-refractivity contribution in [2.75, 3.05) is 10.6 Å². The number of anilines is 4. The second-order valence-corrected chi connectivity index (χ2v) is 4.81. The molecular formula is C15H11ClFN5. The topological polar surface area (TPSA) is 62.7 Å². The van der Waals surface area contributed by atoms with Crippen LogP contribution in [-0.2, 0) is 0 Å². The van der Waals surface area contributed by atoms with Crippen molar-refractivity contribution in [2.45, 2.75) is 0 Å². The summed E-state index contributed by atoms with van der Waals surface area (Å²) >= 11 is 6.07. The molecule has 22 heavy (non-hydrogen) atoms. The lowest BCUT2D eigenvalue weighted by molar-refractivity contribution is 0.628. The van der Waals surface area contributed by atoms with E-state index < -0.39 is 0 Å². The molecule has 1 heterocycles. The molecule has 0 aliphatic heterocycles. The molecule has 2 aromatic carbocycles. The summed E-state index contributed by atoms with van der Waals surface area (Å²) < 4.78 is 12.9. The molecule has 7 heteroatoms. The van der Waals surface area contributed by atoms with Crippen molar-refractivity contribution in [1.29, 1.82) is 0 Å². The second-order valence-electron chi connectivity index (χ2n) is 4.40. The Morgan fingerprint density at radius 1 is 0.955 bits per heavy atom. The maximum absolute atomic E-state index is 12.9. The minimum atomic E-state index is -0.299. The predicted molar refractivity (Wildman–Crippen MR) is 84.2 cm³/mol. The highest BCUT2D eigenvalue weighted by molar-refractivity contribution is 6.33. The van der Waals surface area contributed by atoms with Crippen LogP contribution in [0.15, 0.2) is 54.7 Å². The van der Waals surface area contributed by atoms with E-state index in [-0.39, 0.29) is 5.82 Å². The van der Waals surface area contributed by atoms with Gasteiger partial charge in [0, 0.05) is 5.69 Å². The molecule has 110 valence electrons. The maximum Gasteiger partial charge on any atom is 0.249 e. The molecule has 0 radical (unpaired) electrons. The highest BCUT2D eigenvalue weighted by Gasteiger charge is 2.04. The molecule has 0 unspecified atom stereocenters. The van der Waals surface area contributed by atoms with Gasteiger partial charge in [-0.25, -0.2) is 4.39 Å². The predicted octanol–water partition coefficient (Wildman–Crippen LogP) is 4.15. The molecule has 0 bridgehead atoms. The van der Waals surface area contributed by atoms with Gasteiger partial charge in [-0.2, -0.15) is 10.1 Å². The minimum Gasteiger partial charge on any atom is -0.339 e. The van der Waals surface area contributed by atoms with Crippen molar-refractivity contribution in [3.63, 3.8) is 0 Å². The third-order valence-corrected chi connectivity index (χ3v) is 3.13. The first-order chi connectivity index (χ1) is 10.7. The molecule has 2 N–H and O–H groups in total. The zero-order valence-corrected chi connectivity index (χ0v) is 12.0. The molecule has 0 atom stereocenters. The van der Waals surface area contributed by atoms with Crippen LogP contribution in [0.25, 0.3) is 0 Å². The lowest BCUT2D eigenvalue weighted by atomic mass is 10.3. The van der Waals surface area contributed by atoms with Crippen molar-refractivity contribution in [1.82, 2.24) is 15.2 Å². The first kappa shape index (κ1) is 14.2. The van der Waals surface area contributed by atoms with Gasteiger partial charge in [-0.3, -0.25) is 0 Å². The number of nitrogens with zero attached hydrogens (tertiary/aromatic N) is 3. The van der Waals surface area contributed by atoms with Crippen molar-refractivity contribution in [3.8, 4) is 0 Å². The largest absolute Gasteiger partial charge is 0.339 e. The summed E-state index contributed by atoms with van der Waals surface area (Å²) in [4.78, 5) is 4.28. The highest BCUT2D eigenvalue weighted by atomic mass is 35.5. The Bertz CT molecular complexity index is 779. The van der Waals surface area contributed by atoms with Gasteiger partial charge in [-0.1, -0.05) is 23.7 Å². The molecule has 5 nitrogen and oxygen atoms in total. The molecule has 3 rings (SSSR count). The van der Waals surface area contributed by atoms with E-state index >= 15 is 0 Å². The summed E-state index contributed by atoms with van der Waals surface area (Å²) in [6.45, 7) is 0. The summed E-state index contributed by atoms with van der Waals surface area (Å²) in [5, 5.41) is 14.3. The Morgan fingerprint density at radius 2 is 1.73 bits per heavy atom. The van der Waals surface area contributed by atoms with Gasteiger partial charge < -0.3 is 10.6 Å². The van der Waals surface area contributed by atoms with E-state index in [4.69, 9.17) is 11.6 Å². The van der Waals surface area contributed by atoms with E-state index in [0.717, 1.165) is 0 Å². The molecule has 0 saturated carbocycles. The summed E-state index contributed by atoms with van der Waals surface area (Å²) in [5.74, 6) is 0.490. The fourth-order valence-electron chi connectivity index (χ4n) is 1.78. The molecule has 0 saturated heterocycles. The smallest absolute Gasteiger partial charge is 0.249 e. The molecule has 0 fully saturated rings. The average molecular weight is 316 g/mol. The van der Waals surface area contributed by atoms with Gasteiger partial charge >= 0.3 is 0 Å². The van der Waals surface area contributed by atoms with Gasteiger partial charge in [0.1, 0.15) is 5.82 Å². The van der Waals surface area contributed by atoms with E-state index in [0.29, 0.717) is 28.2 Å². The Labute approximate surface area is 131 Å². The Kier molecular flexibility index (Phi) is 4.11. The maximum atomic E-state index is 12.9. The van der Waals surface area contributed by atoms with Crippen LogP contribution < -0.4 is 10.6 Å². The van der Waals surface area contributed by atoms with E-state index in [1.54, 1.807) is 18.2 Å². The summed E-state index contributed by atoms with van der Waals surface area (Å²) in [7, 11) is 0. The number of benzene rings is 2. The monoisotopic (exact) mass is 315 g/mol. The van der Waals surface area contributed by atoms with Crippen LogP contribution >= 0.6 is 11.6 Å². The number of nitrogens with one attached hydrogen (secondary N) is 2. The summed E-state index contributed by atoms with van der Waals surface area (Å²) in [6.07, 6.45) is 1.47. The average Bonchev–Trinajstić information content (AvgIpc) is 2.52. The van der Waals surface area contributed by atoms with Crippen molar-refractivity contribution >= 4 is 34.7 Å². The Morgan fingerprint density at radius 3 is 2.50 bits per heavy atom. The standard InChI is InChI=1S/C15H11ClFN5/c16-12-3-1-2-4-13(12)20-15-21-14(9-18-22-15)19-11-7-5-10(17)6-8-11/h1-9H,(H2,19,20,21,22). The Hall–Kier alpha value is -2.73. The number of hydrogen-bond acceptors (Lipinski definition) is 5. The molecule has 0 amide bonds. The third-order valence-electron chi connectivity index (χ3n) is 2.80. The van der Waals surface area contributed by atoms with Crippen LogP contribution in [0.3, 0.4) is 0 Å².